The highest BCUT2D eigenvalue weighted by atomic mass is 32.2. The molecule has 0 aliphatic rings. The zero-order valence-corrected chi connectivity index (χ0v) is 12.3. The van der Waals surface area contributed by atoms with E-state index >= 15 is 0 Å². The second-order valence-electron chi connectivity index (χ2n) is 4.55. The first-order valence-electron chi connectivity index (χ1n) is 5.80. The first-order chi connectivity index (χ1) is 9.10. The van der Waals surface area contributed by atoms with Gasteiger partial charge in [-0.1, -0.05) is 0 Å². The Morgan fingerprint density at radius 1 is 1.50 bits per heavy atom. The number of hydrogen-bond acceptors (Lipinski definition) is 5. The van der Waals surface area contributed by atoms with Crippen LogP contribution in [0.5, 0.6) is 0 Å². The molecule has 8 nitrogen and oxygen atoms in total. The highest BCUT2D eigenvalue weighted by Gasteiger charge is 2.27. The maximum atomic E-state index is 12.0. The molecule has 1 heterocycles. The van der Waals surface area contributed by atoms with Crippen LogP contribution in [0.25, 0.3) is 0 Å². The second-order valence-corrected chi connectivity index (χ2v) is 6.66. The SMILES string of the molecule is CC(=O)NC(CS(=O)(=O)Cc1cc(C)nn1C)C(=O)O. The van der Waals surface area contributed by atoms with Gasteiger partial charge >= 0.3 is 5.97 Å². The maximum absolute atomic E-state index is 12.0. The number of hydrogen-bond donors (Lipinski definition) is 2. The first kappa shape index (κ1) is 16.2. The molecule has 1 rings (SSSR count). The number of aromatic nitrogens is 2. The molecule has 20 heavy (non-hydrogen) atoms. The summed E-state index contributed by atoms with van der Waals surface area (Å²) in [4.78, 5) is 21.8. The molecule has 0 saturated heterocycles. The van der Waals surface area contributed by atoms with Gasteiger partial charge in [-0.3, -0.25) is 9.48 Å². The van der Waals surface area contributed by atoms with E-state index in [1.807, 2.05) is 0 Å². The lowest BCUT2D eigenvalue weighted by molar-refractivity contribution is -0.140. The molecule has 1 aromatic rings. The van der Waals surface area contributed by atoms with Crippen molar-refractivity contribution in [2.45, 2.75) is 25.6 Å². The number of sulfone groups is 1. The average Bonchev–Trinajstić information content (AvgIpc) is 2.54. The van der Waals surface area contributed by atoms with Gasteiger partial charge in [0.1, 0.15) is 6.04 Å². The highest BCUT2D eigenvalue weighted by Crippen LogP contribution is 2.09. The minimum Gasteiger partial charge on any atom is -0.480 e. The predicted molar refractivity (Wildman–Crippen MR) is 70.7 cm³/mol. The van der Waals surface area contributed by atoms with E-state index in [-0.39, 0.29) is 5.75 Å². The van der Waals surface area contributed by atoms with Crippen LogP contribution in [0.1, 0.15) is 18.3 Å². The van der Waals surface area contributed by atoms with Gasteiger partial charge in [-0.05, 0) is 13.0 Å². The maximum Gasteiger partial charge on any atom is 0.327 e. The Labute approximate surface area is 116 Å². The molecule has 0 radical (unpaired) electrons. The summed E-state index contributed by atoms with van der Waals surface area (Å²) in [5.74, 6) is -2.96. The van der Waals surface area contributed by atoms with Crippen molar-refractivity contribution >= 4 is 21.7 Å². The topological polar surface area (TPSA) is 118 Å². The van der Waals surface area contributed by atoms with Gasteiger partial charge in [0.05, 0.1) is 22.9 Å². The molecule has 1 atom stereocenters. The van der Waals surface area contributed by atoms with Gasteiger partial charge in [0, 0.05) is 14.0 Å². The van der Waals surface area contributed by atoms with Crippen LogP contribution >= 0.6 is 0 Å². The molecule has 112 valence electrons. The van der Waals surface area contributed by atoms with E-state index < -0.39 is 33.5 Å². The molecule has 1 aromatic heterocycles. The number of nitrogens with one attached hydrogen (secondary N) is 1. The molecule has 1 unspecified atom stereocenters. The van der Waals surface area contributed by atoms with Crippen LogP contribution in [0.2, 0.25) is 0 Å². The molecule has 0 fully saturated rings. The average molecular weight is 303 g/mol. The number of aryl methyl sites for hydroxylation is 2. The second kappa shape index (κ2) is 6.04. The standard InChI is InChI=1S/C11H17N3O5S/c1-7-4-9(14(3)13-7)5-20(18,19)6-10(11(16)17)12-8(2)15/h4,10H,5-6H2,1-3H3,(H,12,15)(H,16,17). The number of carboxylic acid groups (broad SMARTS) is 1. The molecule has 0 aliphatic carbocycles. The summed E-state index contributed by atoms with van der Waals surface area (Å²) < 4.78 is 25.4. The molecule has 0 aliphatic heterocycles. The van der Waals surface area contributed by atoms with Crippen molar-refractivity contribution in [1.29, 1.82) is 0 Å². The van der Waals surface area contributed by atoms with Crippen LogP contribution in [0.4, 0.5) is 0 Å². The van der Waals surface area contributed by atoms with Gasteiger partial charge in [0.15, 0.2) is 9.84 Å². The number of carbonyl (C=O) groups excluding carboxylic acids is 1. The lowest BCUT2D eigenvalue weighted by Crippen LogP contribution is -2.44. The van der Waals surface area contributed by atoms with Crippen LogP contribution in [0.15, 0.2) is 6.07 Å². The third kappa shape index (κ3) is 4.65. The lowest BCUT2D eigenvalue weighted by Gasteiger charge is -2.13. The van der Waals surface area contributed by atoms with Crippen molar-refractivity contribution in [3.8, 4) is 0 Å². The van der Waals surface area contributed by atoms with Crippen LogP contribution in [0, 0.1) is 6.92 Å². The molecule has 0 bridgehead atoms. The van der Waals surface area contributed by atoms with Crippen molar-refractivity contribution < 1.29 is 23.1 Å². The van der Waals surface area contributed by atoms with Gasteiger partial charge in [-0.15, -0.1) is 0 Å². The summed E-state index contributed by atoms with van der Waals surface area (Å²) in [5, 5.41) is 15.0. The van der Waals surface area contributed by atoms with Crippen LogP contribution < -0.4 is 5.32 Å². The number of nitrogens with zero attached hydrogens (tertiary/aromatic N) is 2. The summed E-state index contributed by atoms with van der Waals surface area (Å²) >= 11 is 0. The molecule has 1 amide bonds. The van der Waals surface area contributed by atoms with Crippen molar-refractivity contribution in [3.05, 3.63) is 17.5 Å². The molecular formula is C11H17N3O5S. The quantitative estimate of drug-likeness (QED) is 0.712. The van der Waals surface area contributed by atoms with Crippen molar-refractivity contribution in [2.75, 3.05) is 5.75 Å². The molecule has 0 aromatic carbocycles. The first-order valence-corrected chi connectivity index (χ1v) is 7.62. The third-order valence-electron chi connectivity index (χ3n) is 2.56. The summed E-state index contributed by atoms with van der Waals surface area (Å²) in [6.45, 7) is 2.86. The Morgan fingerprint density at radius 2 is 2.10 bits per heavy atom. The largest absolute Gasteiger partial charge is 0.480 e. The zero-order chi connectivity index (χ0) is 15.5. The lowest BCUT2D eigenvalue weighted by atomic mass is 10.3. The molecule has 2 N–H and O–H groups in total. The molecular weight excluding hydrogens is 286 g/mol. The normalized spacial score (nSPS) is 12.9. The van der Waals surface area contributed by atoms with E-state index in [9.17, 15) is 18.0 Å². The fourth-order valence-corrected chi connectivity index (χ4v) is 3.33. The van der Waals surface area contributed by atoms with Crippen LogP contribution in [-0.2, 0) is 32.2 Å². The van der Waals surface area contributed by atoms with Crippen LogP contribution in [0.3, 0.4) is 0 Å². The summed E-state index contributed by atoms with van der Waals surface area (Å²) in [7, 11) is -2.08. The Bertz CT molecular complexity index is 620. The number of rotatable bonds is 6. The van der Waals surface area contributed by atoms with E-state index in [2.05, 4.69) is 10.4 Å². The fourth-order valence-electron chi connectivity index (χ4n) is 1.76. The van der Waals surface area contributed by atoms with Gasteiger partial charge in [0.2, 0.25) is 5.91 Å². The highest BCUT2D eigenvalue weighted by molar-refractivity contribution is 7.90. The minimum absolute atomic E-state index is 0.326. The van der Waals surface area contributed by atoms with Gasteiger partial charge < -0.3 is 10.4 Å². The van der Waals surface area contributed by atoms with Gasteiger partial charge in [-0.25, -0.2) is 13.2 Å². The summed E-state index contributed by atoms with van der Waals surface area (Å²) in [5.41, 5.74) is 1.14. The number of amides is 1. The Kier molecular flexibility index (Phi) is 4.88. The smallest absolute Gasteiger partial charge is 0.327 e. The fraction of sp³-hybridized carbons (Fsp3) is 0.545. The van der Waals surface area contributed by atoms with E-state index in [1.165, 1.54) is 4.68 Å². The molecule has 0 saturated carbocycles. The third-order valence-corrected chi connectivity index (χ3v) is 4.14. The number of carboxylic acids is 1. The zero-order valence-electron chi connectivity index (χ0n) is 11.5. The Hall–Kier alpha value is -1.90. The van der Waals surface area contributed by atoms with Crippen LogP contribution in [-0.4, -0.2) is 47.0 Å². The minimum atomic E-state index is -3.69. The van der Waals surface area contributed by atoms with E-state index in [4.69, 9.17) is 5.11 Å². The van der Waals surface area contributed by atoms with Crippen molar-refractivity contribution in [1.82, 2.24) is 15.1 Å². The van der Waals surface area contributed by atoms with E-state index in [0.29, 0.717) is 11.4 Å². The Balaban J connectivity index is 2.85. The molecule has 9 heteroatoms. The van der Waals surface area contributed by atoms with Crippen molar-refractivity contribution in [2.24, 2.45) is 7.05 Å². The van der Waals surface area contributed by atoms with E-state index in [1.54, 1.807) is 20.0 Å². The monoisotopic (exact) mass is 303 g/mol. The Morgan fingerprint density at radius 3 is 2.50 bits per heavy atom. The van der Waals surface area contributed by atoms with Gasteiger partial charge in [0.25, 0.3) is 0 Å². The number of carbonyl (C=O) groups is 2. The summed E-state index contributed by atoms with van der Waals surface area (Å²) in [6, 6.07) is 0.165. The number of aliphatic carboxylic acids is 1. The van der Waals surface area contributed by atoms with Crippen molar-refractivity contribution in [3.63, 3.8) is 0 Å². The predicted octanol–water partition coefficient (Wildman–Crippen LogP) is -0.767. The van der Waals surface area contributed by atoms with E-state index in [0.717, 1.165) is 6.92 Å². The summed E-state index contributed by atoms with van der Waals surface area (Å²) in [6.07, 6.45) is 0. The van der Waals surface area contributed by atoms with Gasteiger partial charge in [-0.2, -0.15) is 5.10 Å². The molecule has 0 spiro atoms.